The molecule has 0 spiro atoms. The van der Waals surface area contributed by atoms with Gasteiger partial charge in [0.25, 0.3) is 0 Å². The molecule has 0 fully saturated rings. The van der Waals surface area contributed by atoms with Gasteiger partial charge in [0.2, 0.25) is 0 Å². The molecule has 0 heterocycles. The van der Waals surface area contributed by atoms with E-state index in [1.165, 1.54) is 0 Å². The Hall–Kier alpha value is -1.74. The monoisotopic (exact) mass is 611 g/mol. The Kier molecular flexibility index (Phi) is 30.4. The van der Waals surface area contributed by atoms with Crippen LogP contribution >= 0.6 is 0 Å². The first kappa shape index (κ1) is 41.3. The maximum atomic E-state index is 12.3. The Morgan fingerprint density at radius 1 is 0.698 bits per heavy atom. The van der Waals surface area contributed by atoms with E-state index in [0.717, 1.165) is 96.4 Å². The molecule has 252 valence electrons. The van der Waals surface area contributed by atoms with Crippen molar-refractivity contribution in [1.29, 1.82) is 0 Å². The number of carbonyl (C=O) groups excluding carboxylic acids is 1. The van der Waals surface area contributed by atoms with Crippen molar-refractivity contribution in [3.63, 3.8) is 0 Å². The molecule has 1 atom stereocenters. The summed E-state index contributed by atoms with van der Waals surface area (Å²) >= 11 is 0. The number of aliphatic hydroxyl groups is 1. The minimum absolute atomic E-state index is 0.191. The summed E-state index contributed by atoms with van der Waals surface area (Å²) < 4.78 is 17.4. The van der Waals surface area contributed by atoms with Gasteiger partial charge in [0.1, 0.15) is 0 Å². The number of carboxylic acid groups (broad SMARTS) is 1. The zero-order chi connectivity index (χ0) is 31.8. The van der Waals surface area contributed by atoms with E-state index in [2.05, 4.69) is 43.1 Å². The molecule has 0 amide bonds. The third-order valence-electron chi connectivity index (χ3n) is 7.17. The van der Waals surface area contributed by atoms with Gasteiger partial charge in [-0.15, -0.1) is 0 Å². The van der Waals surface area contributed by atoms with Gasteiger partial charge in [0.05, 0.1) is 19.1 Å². The van der Waals surface area contributed by atoms with Crippen LogP contribution in [-0.4, -0.2) is 79.4 Å². The molecule has 0 aromatic carbocycles. The maximum absolute atomic E-state index is 12.3. The lowest BCUT2D eigenvalue weighted by molar-refractivity contribution is -0.159. The standard InChI is InChI=1S/C35H65NO7/c1-4-6-8-10-13-21-29-42-35(43-30-22-14-11-9-7-5-2)26-25-34(40)41-28-20-15-12-19-27-36(3)31-32(37)23-17-16-18-24-33(38)39/h6-9,32,35,37H,4-5,10-31H2,1-3H3,(H,38,39)/b8-6-,9-7-. The highest BCUT2D eigenvalue weighted by atomic mass is 16.7. The van der Waals surface area contributed by atoms with Crippen LogP contribution in [0.25, 0.3) is 0 Å². The van der Waals surface area contributed by atoms with Gasteiger partial charge < -0.3 is 29.3 Å². The third kappa shape index (κ3) is 31.5. The summed E-state index contributed by atoms with van der Waals surface area (Å²) in [5.41, 5.74) is 0. The Balaban J connectivity index is 4.01. The van der Waals surface area contributed by atoms with Gasteiger partial charge in [-0.2, -0.15) is 0 Å². The van der Waals surface area contributed by atoms with E-state index in [1.807, 2.05) is 7.05 Å². The number of unbranched alkanes of at least 4 members (excludes halogenated alkanes) is 9. The van der Waals surface area contributed by atoms with Crippen LogP contribution in [-0.2, 0) is 23.8 Å². The van der Waals surface area contributed by atoms with Crippen LogP contribution in [0.15, 0.2) is 24.3 Å². The van der Waals surface area contributed by atoms with Crippen LogP contribution in [0.5, 0.6) is 0 Å². The van der Waals surface area contributed by atoms with Gasteiger partial charge in [-0.25, -0.2) is 0 Å². The van der Waals surface area contributed by atoms with Gasteiger partial charge in [0.15, 0.2) is 6.29 Å². The maximum Gasteiger partial charge on any atom is 0.305 e. The van der Waals surface area contributed by atoms with Crippen LogP contribution < -0.4 is 0 Å². The van der Waals surface area contributed by atoms with E-state index in [0.29, 0.717) is 52.0 Å². The second-order valence-corrected chi connectivity index (χ2v) is 11.5. The number of hydrogen-bond acceptors (Lipinski definition) is 7. The zero-order valence-electron chi connectivity index (χ0n) is 27.8. The van der Waals surface area contributed by atoms with E-state index >= 15 is 0 Å². The number of nitrogens with zero attached hydrogens (tertiary/aromatic N) is 1. The molecule has 0 aliphatic rings. The van der Waals surface area contributed by atoms with Crippen molar-refractivity contribution in [3.05, 3.63) is 24.3 Å². The van der Waals surface area contributed by atoms with E-state index in [1.54, 1.807) is 0 Å². The highest BCUT2D eigenvalue weighted by Gasteiger charge is 2.13. The molecule has 8 heteroatoms. The number of allylic oxidation sites excluding steroid dienone is 4. The first-order valence-electron chi connectivity index (χ1n) is 17.2. The molecular formula is C35H65NO7. The first-order valence-corrected chi connectivity index (χ1v) is 17.2. The topological polar surface area (TPSA) is 106 Å². The lowest BCUT2D eigenvalue weighted by Gasteiger charge is -2.20. The molecule has 2 N–H and O–H groups in total. The number of ether oxygens (including phenoxy) is 3. The fourth-order valence-corrected chi connectivity index (χ4v) is 4.65. The van der Waals surface area contributed by atoms with Crippen LogP contribution in [0.2, 0.25) is 0 Å². The number of rotatable bonds is 32. The van der Waals surface area contributed by atoms with Crippen LogP contribution in [0.1, 0.15) is 136 Å². The van der Waals surface area contributed by atoms with Crippen LogP contribution in [0, 0.1) is 0 Å². The predicted octanol–water partition coefficient (Wildman–Crippen LogP) is 7.83. The second-order valence-electron chi connectivity index (χ2n) is 11.5. The number of likely N-dealkylation sites (N-methyl/N-ethyl adjacent to an activating group) is 1. The summed E-state index contributed by atoms with van der Waals surface area (Å²) in [5, 5.41) is 18.9. The molecule has 43 heavy (non-hydrogen) atoms. The minimum Gasteiger partial charge on any atom is -0.481 e. The predicted molar refractivity (Wildman–Crippen MR) is 175 cm³/mol. The third-order valence-corrected chi connectivity index (χ3v) is 7.17. The molecule has 0 bridgehead atoms. The number of carbonyl (C=O) groups is 2. The normalized spacial score (nSPS) is 12.7. The van der Waals surface area contributed by atoms with E-state index < -0.39 is 5.97 Å². The van der Waals surface area contributed by atoms with Gasteiger partial charge >= 0.3 is 11.9 Å². The number of carboxylic acids is 1. The van der Waals surface area contributed by atoms with Gasteiger partial charge in [0, 0.05) is 32.6 Å². The molecule has 1 unspecified atom stereocenters. The average molecular weight is 612 g/mol. The molecule has 0 aromatic rings. The summed E-state index contributed by atoms with van der Waals surface area (Å²) in [7, 11) is 2.02. The SMILES string of the molecule is CC/C=C\CCCCOC(CCC(=O)OCCCCCCN(C)CC(O)CCCCCC(=O)O)OCCCC/C=C\CC. The van der Waals surface area contributed by atoms with Crippen LogP contribution in [0.4, 0.5) is 0 Å². The second kappa shape index (κ2) is 31.7. The molecule has 0 saturated carbocycles. The fourth-order valence-electron chi connectivity index (χ4n) is 4.65. The smallest absolute Gasteiger partial charge is 0.305 e. The first-order chi connectivity index (χ1) is 20.9. The summed E-state index contributed by atoms with van der Waals surface area (Å²) in [4.78, 5) is 25.0. The number of aliphatic hydroxyl groups excluding tert-OH is 1. The van der Waals surface area contributed by atoms with Crippen molar-refractivity contribution in [2.45, 2.75) is 148 Å². The molecule has 8 nitrogen and oxygen atoms in total. The molecule has 0 rings (SSSR count). The van der Waals surface area contributed by atoms with Crippen molar-refractivity contribution < 1.29 is 34.0 Å². The molecule has 0 aromatic heterocycles. The highest BCUT2D eigenvalue weighted by molar-refractivity contribution is 5.69. The highest BCUT2D eigenvalue weighted by Crippen LogP contribution is 2.11. The van der Waals surface area contributed by atoms with E-state index in [4.69, 9.17) is 19.3 Å². The Bertz CT molecular complexity index is 674. The molecule has 0 radical (unpaired) electrons. The van der Waals surface area contributed by atoms with E-state index in [9.17, 15) is 14.7 Å². The summed E-state index contributed by atoms with van der Waals surface area (Å²) in [6.45, 7) is 7.56. The Labute approximate surface area is 263 Å². The van der Waals surface area contributed by atoms with Crippen molar-refractivity contribution in [3.8, 4) is 0 Å². The largest absolute Gasteiger partial charge is 0.481 e. The number of hydrogen-bond donors (Lipinski definition) is 2. The van der Waals surface area contributed by atoms with Gasteiger partial charge in [-0.1, -0.05) is 63.8 Å². The summed E-state index contributed by atoms with van der Waals surface area (Å²) in [5.74, 6) is -0.948. The summed E-state index contributed by atoms with van der Waals surface area (Å²) in [6, 6.07) is 0. The van der Waals surface area contributed by atoms with Crippen LogP contribution in [0.3, 0.4) is 0 Å². The van der Waals surface area contributed by atoms with Crippen molar-refractivity contribution in [2.24, 2.45) is 0 Å². The Morgan fingerprint density at radius 2 is 1.28 bits per heavy atom. The van der Waals surface area contributed by atoms with Gasteiger partial charge in [-0.05, 0) is 90.6 Å². The van der Waals surface area contributed by atoms with Crippen molar-refractivity contribution in [1.82, 2.24) is 4.90 Å². The molecular weight excluding hydrogens is 546 g/mol. The molecule has 0 aliphatic carbocycles. The van der Waals surface area contributed by atoms with Gasteiger partial charge in [-0.3, -0.25) is 9.59 Å². The van der Waals surface area contributed by atoms with E-state index in [-0.39, 0.29) is 24.8 Å². The number of esters is 1. The molecule has 0 aliphatic heterocycles. The Morgan fingerprint density at radius 3 is 1.88 bits per heavy atom. The summed E-state index contributed by atoms with van der Waals surface area (Å²) in [6.07, 6.45) is 24.6. The minimum atomic E-state index is -0.757. The van der Waals surface area contributed by atoms with Crippen molar-refractivity contribution in [2.75, 3.05) is 40.0 Å². The average Bonchev–Trinajstić information content (AvgIpc) is 2.97. The lowest BCUT2D eigenvalue weighted by atomic mass is 10.1. The molecule has 0 saturated heterocycles. The number of aliphatic carboxylic acids is 1. The quantitative estimate of drug-likeness (QED) is 0.0343. The lowest BCUT2D eigenvalue weighted by Crippen LogP contribution is -2.29. The zero-order valence-corrected chi connectivity index (χ0v) is 27.8. The van der Waals surface area contributed by atoms with Crippen molar-refractivity contribution >= 4 is 11.9 Å². The fraction of sp³-hybridized carbons (Fsp3) is 0.829.